The zero-order valence-corrected chi connectivity index (χ0v) is 12.6. The molecule has 0 unspecified atom stereocenters. The first-order valence-corrected chi connectivity index (χ1v) is 8.59. The van der Waals surface area contributed by atoms with Gasteiger partial charge in [0.15, 0.2) is 0 Å². The maximum atomic E-state index is 12.7. The summed E-state index contributed by atoms with van der Waals surface area (Å²) in [5.74, 6) is 0. The van der Waals surface area contributed by atoms with Crippen LogP contribution in [0.5, 0.6) is 0 Å². The fourth-order valence-corrected chi connectivity index (χ4v) is 5.18. The van der Waals surface area contributed by atoms with E-state index in [0.717, 1.165) is 23.1 Å². The van der Waals surface area contributed by atoms with Gasteiger partial charge in [0.05, 0.1) is 0 Å². The van der Waals surface area contributed by atoms with Gasteiger partial charge in [-0.25, -0.2) is 13.4 Å². The van der Waals surface area contributed by atoms with Gasteiger partial charge in [0, 0.05) is 23.7 Å². The van der Waals surface area contributed by atoms with Gasteiger partial charge in [-0.05, 0) is 44.2 Å². The molecule has 3 heterocycles. The average Bonchev–Trinajstić information content (AvgIpc) is 2.93. The molecule has 3 rings (SSSR count). The Labute approximate surface area is 117 Å². The summed E-state index contributed by atoms with van der Waals surface area (Å²) in [4.78, 5) is 5.41. The molecule has 2 aromatic heterocycles. The van der Waals surface area contributed by atoms with E-state index in [0.29, 0.717) is 11.4 Å². The molecule has 0 saturated carbocycles. The quantitative estimate of drug-likeness (QED) is 0.856. The molecule has 0 aliphatic carbocycles. The molecule has 6 heteroatoms. The normalized spacial score (nSPS) is 20.1. The highest BCUT2D eigenvalue weighted by Gasteiger charge is 2.41. The zero-order chi connectivity index (χ0) is 13.7. The second-order valence-electron chi connectivity index (χ2n) is 5.48. The number of nitrogens with zero attached hydrogens (tertiary/aromatic N) is 2. The van der Waals surface area contributed by atoms with Crippen LogP contribution >= 0.6 is 11.3 Å². The minimum atomic E-state index is -3.44. The summed E-state index contributed by atoms with van der Waals surface area (Å²) in [7, 11) is -3.44. The topological polar surface area (TPSA) is 50.3 Å². The second kappa shape index (κ2) is 4.26. The molecule has 0 atom stereocenters. The van der Waals surface area contributed by atoms with Gasteiger partial charge in [-0.15, -0.1) is 11.3 Å². The molecule has 19 heavy (non-hydrogen) atoms. The van der Waals surface area contributed by atoms with Crippen LogP contribution < -0.4 is 0 Å². The number of sulfonamides is 1. The average molecular weight is 296 g/mol. The van der Waals surface area contributed by atoms with Crippen LogP contribution in [0.2, 0.25) is 0 Å². The molecular weight excluding hydrogens is 280 g/mol. The molecule has 2 aromatic rings. The van der Waals surface area contributed by atoms with Gasteiger partial charge in [0.1, 0.15) is 9.73 Å². The number of aromatic nitrogens is 1. The Morgan fingerprint density at radius 1 is 1.42 bits per heavy atom. The van der Waals surface area contributed by atoms with E-state index in [4.69, 9.17) is 0 Å². The fraction of sp³-hybridized carbons (Fsp3) is 0.462. The Balaban J connectivity index is 2.08. The van der Waals surface area contributed by atoms with Crippen molar-refractivity contribution in [2.24, 2.45) is 0 Å². The number of fused-ring (bicyclic) bond motifs is 1. The summed E-state index contributed by atoms with van der Waals surface area (Å²) in [5.41, 5.74) is -0.303. The van der Waals surface area contributed by atoms with Gasteiger partial charge >= 0.3 is 0 Å². The Morgan fingerprint density at radius 2 is 2.21 bits per heavy atom. The van der Waals surface area contributed by atoms with E-state index in [2.05, 4.69) is 4.98 Å². The molecule has 0 aromatic carbocycles. The SMILES string of the molecule is CC1(C)CCCN1S(=O)(=O)c1cnc2sccc2c1. The van der Waals surface area contributed by atoms with Crippen LogP contribution in [0.25, 0.3) is 10.2 Å². The first kappa shape index (κ1) is 13.0. The maximum Gasteiger partial charge on any atom is 0.245 e. The molecule has 1 fully saturated rings. The Bertz CT molecular complexity index is 719. The van der Waals surface area contributed by atoms with E-state index in [1.165, 1.54) is 17.5 Å². The predicted octanol–water partition coefficient (Wildman–Crippen LogP) is 2.86. The molecule has 0 amide bonds. The van der Waals surface area contributed by atoms with Crippen LogP contribution in [-0.2, 0) is 10.0 Å². The lowest BCUT2D eigenvalue weighted by Crippen LogP contribution is -2.42. The number of rotatable bonds is 2. The summed E-state index contributed by atoms with van der Waals surface area (Å²) in [6, 6.07) is 3.63. The van der Waals surface area contributed by atoms with Crippen LogP contribution in [0.3, 0.4) is 0 Å². The van der Waals surface area contributed by atoms with Crippen molar-refractivity contribution in [3.63, 3.8) is 0 Å². The Kier molecular flexibility index (Phi) is 2.92. The van der Waals surface area contributed by atoms with Crippen molar-refractivity contribution in [1.82, 2.24) is 9.29 Å². The fourth-order valence-electron chi connectivity index (χ4n) is 2.64. The molecule has 0 bridgehead atoms. The lowest BCUT2D eigenvalue weighted by Gasteiger charge is -2.30. The zero-order valence-electron chi connectivity index (χ0n) is 11.0. The van der Waals surface area contributed by atoms with E-state index in [1.807, 2.05) is 25.3 Å². The smallest absolute Gasteiger partial charge is 0.244 e. The molecule has 1 saturated heterocycles. The van der Waals surface area contributed by atoms with Gasteiger partial charge in [0.25, 0.3) is 0 Å². The molecule has 1 aliphatic heterocycles. The van der Waals surface area contributed by atoms with Crippen molar-refractivity contribution in [3.05, 3.63) is 23.7 Å². The number of hydrogen-bond donors (Lipinski definition) is 0. The number of hydrogen-bond acceptors (Lipinski definition) is 4. The lowest BCUT2D eigenvalue weighted by atomic mass is 10.0. The maximum absolute atomic E-state index is 12.7. The highest BCUT2D eigenvalue weighted by molar-refractivity contribution is 7.89. The van der Waals surface area contributed by atoms with Crippen LogP contribution in [0, 0.1) is 0 Å². The van der Waals surface area contributed by atoms with Crippen molar-refractivity contribution in [1.29, 1.82) is 0 Å². The number of thiophene rings is 1. The summed E-state index contributed by atoms with van der Waals surface area (Å²) in [6.45, 7) is 4.55. The number of pyridine rings is 1. The van der Waals surface area contributed by atoms with Crippen LogP contribution in [0.15, 0.2) is 28.6 Å². The van der Waals surface area contributed by atoms with Crippen LogP contribution in [0.4, 0.5) is 0 Å². The predicted molar refractivity (Wildman–Crippen MR) is 76.8 cm³/mol. The van der Waals surface area contributed by atoms with Crippen molar-refractivity contribution < 1.29 is 8.42 Å². The van der Waals surface area contributed by atoms with E-state index >= 15 is 0 Å². The van der Waals surface area contributed by atoms with Crippen molar-refractivity contribution in [2.75, 3.05) is 6.54 Å². The second-order valence-corrected chi connectivity index (χ2v) is 8.24. The Hall–Kier alpha value is -0.980. The third kappa shape index (κ3) is 2.07. The molecule has 0 radical (unpaired) electrons. The minimum absolute atomic E-state index is 0.299. The van der Waals surface area contributed by atoms with Crippen molar-refractivity contribution in [2.45, 2.75) is 37.1 Å². The van der Waals surface area contributed by atoms with Gasteiger partial charge in [-0.3, -0.25) is 0 Å². The highest BCUT2D eigenvalue weighted by Crippen LogP contribution is 2.34. The van der Waals surface area contributed by atoms with E-state index in [9.17, 15) is 8.42 Å². The third-order valence-corrected chi connectivity index (χ3v) is 6.61. The van der Waals surface area contributed by atoms with Crippen LogP contribution in [-0.4, -0.2) is 29.8 Å². The Morgan fingerprint density at radius 3 is 2.89 bits per heavy atom. The minimum Gasteiger partial charge on any atom is -0.244 e. The van der Waals surface area contributed by atoms with E-state index < -0.39 is 10.0 Å². The van der Waals surface area contributed by atoms with E-state index in [-0.39, 0.29) is 5.54 Å². The molecule has 4 nitrogen and oxygen atoms in total. The molecule has 0 spiro atoms. The molecule has 0 N–H and O–H groups in total. The summed E-state index contributed by atoms with van der Waals surface area (Å²) in [5, 5.41) is 2.82. The summed E-state index contributed by atoms with van der Waals surface area (Å²) < 4.78 is 27.0. The first-order valence-electron chi connectivity index (χ1n) is 6.27. The monoisotopic (exact) mass is 296 g/mol. The van der Waals surface area contributed by atoms with Gasteiger partial charge in [-0.1, -0.05) is 0 Å². The third-order valence-electron chi connectivity index (χ3n) is 3.69. The van der Waals surface area contributed by atoms with Crippen molar-refractivity contribution in [3.8, 4) is 0 Å². The first-order chi connectivity index (χ1) is 8.91. The molecule has 102 valence electrons. The standard InChI is InChI=1S/C13H16N2O2S2/c1-13(2)5-3-6-15(13)19(16,17)11-8-10-4-7-18-12(10)14-9-11/h4,7-9H,3,5-6H2,1-2H3. The summed E-state index contributed by atoms with van der Waals surface area (Å²) in [6.07, 6.45) is 3.29. The van der Waals surface area contributed by atoms with Gasteiger partial charge < -0.3 is 0 Å². The summed E-state index contributed by atoms with van der Waals surface area (Å²) >= 11 is 1.52. The van der Waals surface area contributed by atoms with Crippen LogP contribution in [0.1, 0.15) is 26.7 Å². The lowest BCUT2D eigenvalue weighted by molar-refractivity contribution is 0.291. The largest absolute Gasteiger partial charge is 0.245 e. The van der Waals surface area contributed by atoms with Gasteiger partial charge in [0.2, 0.25) is 10.0 Å². The van der Waals surface area contributed by atoms with E-state index in [1.54, 1.807) is 10.4 Å². The highest BCUT2D eigenvalue weighted by atomic mass is 32.2. The van der Waals surface area contributed by atoms with Crippen molar-refractivity contribution >= 4 is 31.6 Å². The van der Waals surface area contributed by atoms with Gasteiger partial charge in [-0.2, -0.15) is 4.31 Å². The molecular formula is C13H16N2O2S2. The molecule has 1 aliphatic rings.